The molecule has 2 heterocycles. The van der Waals surface area contributed by atoms with Gasteiger partial charge in [-0.1, -0.05) is 6.07 Å². The van der Waals surface area contributed by atoms with Gasteiger partial charge in [0.15, 0.2) is 0 Å². The predicted molar refractivity (Wildman–Crippen MR) is 90.9 cm³/mol. The summed E-state index contributed by atoms with van der Waals surface area (Å²) in [5, 5.41) is 0. The molecule has 1 aliphatic heterocycles. The van der Waals surface area contributed by atoms with Gasteiger partial charge in [0.25, 0.3) is 5.91 Å². The van der Waals surface area contributed by atoms with E-state index in [0.717, 1.165) is 24.5 Å². The monoisotopic (exact) mass is 364 g/mol. The largest absolute Gasteiger partial charge is 0.416 e. The number of benzene rings is 1. The molecule has 138 valence electrons. The molecule has 1 aliphatic rings. The Hall–Kier alpha value is -2.64. The average molecular weight is 364 g/mol. The lowest BCUT2D eigenvalue weighted by Gasteiger charge is -2.23. The van der Waals surface area contributed by atoms with Crippen molar-refractivity contribution in [1.29, 1.82) is 0 Å². The number of carbonyl (C=O) groups is 1. The van der Waals surface area contributed by atoms with Crippen LogP contribution in [0, 0.1) is 6.92 Å². The average Bonchev–Trinajstić information content (AvgIpc) is 2.87. The number of aryl methyl sites for hydroxylation is 1. The summed E-state index contributed by atoms with van der Waals surface area (Å²) in [6, 6.07) is 6.40. The Labute approximate surface area is 149 Å². The van der Waals surface area contributed by atoms with Gasteiger partial charge >= 0.3 is 6.18 Å². The van der Waals surface area contributed by atoms with Gasteiger partial charge in [-0.05, 0) is 37.6 Å². The number of halogens is 3. The minimum Gasteiger partial charge on any atom is -0.355 e. The number of carbonyl (C=O) groups excluding carboxylic acids is 1. The van der Waals surface area contributed by atoms with Crippen LogP contribution in [0.1, 0.15) is 28.2 Å². The predicted octanol–water partition coefficient (Wildman–Crippen LogP) is 3.16. The fraction of sp³-hybridized carbons (Fsp3) is 0.389. The van der Waals surface area contributed by atoms with Crippen molar-refractivity contribution >= 4 is 11.7 Å². The van der Waals surface area contributed by atoms with E-state index in [1.807, 2.05) is 13.0 Å². The van der Waals surface area contributed by atoms with Gasteiger partial charge < -0.3 is 9.80 Å². The molecule has 26 heavy (non-hydrogen) atoms. The maximum Gasteiger partial charge on any atom is 0.416 e. The molecule has 0 N–H and O–H groups in total. The fourth-order valence-electron chi connectivity index (χ4n) is 2.98. The molecule has 2 aromatic rings. The lowest BCUT2D eigenvalue weighted by Crippen LogP contribution is -2.35. The third kappa shape index (κ3) is 4.12. The van der Waals surface area contributed by atoms with Gasteiger partial charge in [0, 0.05) is 37.9 Å². The minimum absolute atomic E-state index is 0.0613. The Morgan fingerprint density at radius 3 is 2.65 bits per heavy atom. The van der Waals surface area contributed by atoms with Crippen LogP contribution < -0.4 is 4.90 Å². The topological polar surface area (TPSA) is 49.3 Å². The molecule has 3 rings (SSSR count). The van der Waals surface area contributed by atoms with Gasteiger partial charge in [0.05, 0.1) is 5.56 Å². The first-order valence-electron chi connectivity index (χ1n) is 8.36. The Morgan fingerprint density at radius 1 is 1.12 bits per heavy atom. The normalized spacial score (nSPS) is 15.7. The van der Waals surface area contributed by atoms with E-state index in [1.165, 1.54) is 12.1 Å². The van der Waals surface area contributed by atoms with Crippen LogP contribution in [0.5, 0.6) is 0 Å². The maximum absolute atomic E-state index is 12.9. The SMILES string of the molecule is Cc1nccc(N2CCCN(C(=O)c3cccc(C(F)(F)F)c3)CC2)n1. The van der Waals surface area contributed by atoms with Crippen LogP contribution in [-0.2, 0) is 6.18 Å². The van der Waals surface area contributed by atoms with Crippen molar-refractivity contribution in [2.75, 3.05) is 31.1 Å². The first-order chi connectivity index (χ1) is 12.3. The Bertz CT molecular complexity index is 794. The van der Waals surface area contributed by atoms with Crippen molar-refractivity contribution in [2.45, 2.75) is 19.5 Å². The molecule has 1 amide bonds. The molecular weight excluding hydrogens is 345 g/mol. The van der Waals surface area contributed by atoms with E-state index in [4.69, 9.17) is 0 Å². The van der Waals surface area contributed by atoms with E-state index >= 15 is 0 Å². The van der Waals surface area contributed by atoms with Crippen LogP contribution in [0.2, 0.25) is 0 Å². The fourth-order valence-corrected chi connectivity index (χ4v) is 2.98. The van der Waals surface area contributed by atoms with E-state index in [0.29, 0.717) is 31.9 Å². The minimum atomic E-state index is -4.46. The maximum atomic E-state index is 12.9. The number of hydrogen-bond donors (Lipinski definition) is 0. The van der Waals surface area contributed by atoms with Crippen molar-refractivity contribution in [1.82, 2.24) is 14.9 Å². The van der Waals surface area contributed by atoms with Crippen LogP contribution in [0.4, 0.5) is 19.0 Å². The van der Waals surface area contributed by atoms with Gasteiger partial charge in [-0.25, -0.2) is 9.97 Å². The van der Waals surface area contributed by atoms with Gasteiger partial charge in [0.1, 0.15) is 11.6 Å². The third-order valence-corrected chi connectivity index (χ3v) is 4.31. The number of anilines is 1. The number of amides is 1. The van der Waals surface area contributed by atoms with Gasteiger partial charge in [-0.15, -0.1) is 0 Å². The summed E-state index contributed by atoms with van der Waals surface area (Å²) in [5.74, 6) is 1.09. The van der Waals surface area contributed by atoms with Crippen LogP contribution in [-0.4, -0.2) is 47.0 Å². The van der Waals surface area contributed by atoms with Crippen LogP contribution in [0.15, 0.2) is 36.5 Å². The van der Waals surface area contributed by atoms with Gasteiger partial charge in [-0.3, -0.25) is 4.79 Å². The highest BCUT2D eigenvalue weighted by molar-refractivity contribution is 5.94. The molecule has 8 heteroatoms. The molecule has 5 nitrogen and oxygen atoms in total. The summed E-state index contributed by atoms with van der Waals surface area (Å²) in [5.41, 5.74) is -0.748. The van der Waals surface area contributed by atoms with Crippen molar-refractivity contribution in [3.05, 3.63) is 53.5 Å². The molecule has 0 unspecified atom stereocenters. The molecule has 0 aliphatic carbocycles. The number of nitrogens with zero attached hydrogens (tertiary/aromatic N) is 4. The van der Waals surface area contributed by atoms with E-state index in [-0.39, 0.29) is 11.5 Å². The molecule has 0 saturated carbocycles. The number of alkyl halides is 3. The van der Waals surface area contributed by atoms with Crippen molar-refractivity contribution in [2.24, 2.45) is 0 Å². The number of hydrogen-bond acceptors (Lipinski definition) is 4. The molecule has 1 aromatic carbocycles. The third-order valence-electron chi connectivity index (χ3n) is 4.31. The van der Waals surface area contributed by atoms with Crippen molar-refractivity contribution in [3.8, 4) is 0 Å². The number of aromatic nitrogens is 2. The van der Waals surface area contributed by atoms with Crippen LogP contribution >= 0.6 is 0 Å². The van der Waals surface area contributed by atoms with Crippen molar-refractivity contribution in [3.63, 3.8) is 0 Å². The van der Waals surface area contributed by atoms with E-state index < -0.39 is 11.7 Å². The second kappa shape index (κ2) is 7.31. The summed E-state index contributed by atoms with van der Waals surface area (Å²) in [6.45, 7) is 4.03. The van der Waals surface area contributed by atoms with Gasteiger partial charge in [0.2, 0.25) is 0 Å². The smallest absolute Gasteiger partial charge is 0.355 e. The molecular formula is C18H19F3N4O. The summed E-state index contributed by atoms with van der Waals surface area (Å²) in [4.78, 5) is 24.8. The first-order valence-corrected chi connectivity index (χ1v) is 8.36. The first kappa shape index (κ1) is 18.2. The Kier molecular flexibility index (Phi) is 5.11. The Morgan fingerprint density at radius 2 is 1.92 bits per heavy atom. The molecule has 0 bridgehead atoms. The molecule has 1 fully saturated rings. The zero-order chi connectivity index (χ0) is 18.7. The highest BCUT2D eigenvalue weighted by atomic mass is 19.4. The quantitative estimate of drug-likeness (QED) is 0.821. The highest BCUT2D eigenvalue weighted by Crippen LogP contribution is 2.29. The van der Waals surface area contributed by atoms with Crippen LogP contribution in [0.3, 0.4) is 0 Å². The van der Waals surface area contributed by atoms with E-state index in [2.05, 4.69) is 14.9 Å². The standard InChI is InChI=1S/C18H19F3N4O/c1-13-22-7-6-16(23-13)24-8-3-9-25(11-10-24)17(26)14-4-2-5-15(12-14)18(19,20)21/h2,4-7,12H,3,8-11H2,1H3. The van der Waals surface area contributed by atoms with E-state index in [9.17, 15) is 18.0 Å². The van der Waals surface area contributed by atoms with Crippen molar-refractivity contribution < 1.29 is 18.0 Å². The molecule has 1 aromatic heterocycles. The lowest BCUT2D eigenvalue weighted by atomic mass is 10.1. The molecule has 1 saturated heterocycles. The lowest BCUT2D eigenvalue weighted by molar-refractivity contribution is -0.137. The summed E-state index contributed by atoms with van der Waals surface area (Å²) < 4.78 is 38.6. The molecule has 0 atom stereocenters. The molecule has 0 radical (unpaired) electrons. The summed E-state index contributed by atoms with van der Waals surface area (Å²) in [6.07, 6.45) is -2.06. The second-order valence-corrected chi connectivity index (χ2v) is 6.17. The summed E-state index contributed by atoms with van der Waals surface area (Å²) >= 11 is 0. The zero-order valence-electron chi connectivity index (χ0n) is 14.3. The second-order valence-electron chi connectivity index (χ2n) is 6.17. The van der Waals surface area contributed by atoms with E-state index in [1.54, 1.807) is 11.1 Å². The zero-order valence-corrected chi connectivity index (χ0v) is 14.3. The van der Waals surface area contributed by atoms with Gasteiger partial charge in [-0.2, -0.15) is 13.2 Å². The summed E-state index contributed by atoms with van der Waals surface area (Å²) in [7, 11) is 0. The highest BCUT2D eigenvalue weighted by Gasteiger charge is 2.31. The Balaban J connectivity index is 1.72. The molecule has 0 spiro atoms. The number of rotatable bonds is 2. The van der Waals surface area contributed by atoms with Crippen LogP contribution in [0.25, 0.3) is 0 Å².